The summed E-state index contributed by atoms with van der Waals surface area (Å²) in [6, 6.07) is 12.4. The Labute approximate surface area is 159 Å². The maximum absolute atomic E-state index is 12.2. The Morgan fingerprint density at radius 3 is 2.73 bits per heavy atom. The van der Waals surface area contributed by atoms with Crippen LogP contribution in [0.5, 0.6) is 0 Å². The first kappa shape index (κ1) is 18.3. The molecule has 1 N–H and O–H groups in total. The number of halogens is 1. The highest BCUT2D eigenvalue weighted by atomic mass is 35.5. The Bertz CT molecular complexity index is 953. The zero-order chi connectivity index (χ0) is 18.5. The molecule has 0 aliphatic rings. The fourth-order valence-electron chi connectivity index (χ4n) is 2.22. The summed E-state index contributed by atoms with van der Waals surface area (Å²) in [6.07, 6.45) is 1.41. The van der Waals surface area contributed by atoms with E-state index in [4.69, 9.17) is 16.0 Å². The van der Waals surface area contributed by atoms with Crippen LogP contribution in [0.2, 0.25) is 5.02 Å². The van der Waals surface area contributed by atoms with Crippen molar-refractivity contribution in [2.24, 2.45) is 0 Å². The maximum atomic E-state index is 12.2. The van der Waals surface area contributed by atoms with Crippen molar-refractivity contribution in [3.63, 3.8) is 0 Å². The molecule has 3 aromatic rings. The van der Waals surface area contributed by atoms with Crippen LogP contribution in [-0.4, -0.2) is 33.6 Å². The fraction of sp³-hybridized carbons (Fsp3) is 0.167. The van der Waals surface area contributed by atoms with E-state index in [1.165, 1.54) is 24.0 Å². The largest absolute Gasteiger partial charge is 0.459 e. The number of carbonyl (C=O) groups is 1. The van der Waals surface area contributed by atoms with Gasteiger partial charge in [0.1, 0.15) is 11.5 Å². The molecule has 0 atom stereocenters. The van der Waals surface area contributed by atoms with Gasteiger partial charge in [-0.1, -0.05) is 23.4 Å². The Kier molecular flexibility index (Phi) is 5.80. The third kappa shape index (κ3) is 4.77. The molecule has 0 saturated carbocycles. The summed E-state index contributed by atoms with van der Waals surface area (Å²) in [4.78, 5) is 31.6. The maximum Gasteiger partial charge on any atom is 0.251 e. The van der Waals surface area contributed by atoms with Crippen molar-refractivity contribution < 1.29 is 9.21 Å². The van der Waals surface area contributed by atoms with E-state index in [-0.39, 0.29) is 17.2 Å². The monoisotopic (exact) mass is 389 g/mol. The molecule has 0 unspecified atom stereocenters. The fourth-order valence-corrected chi connectivity index (χ4v) is 3.13. The van der Waals surface area contributed by atoms with E-state index in [1.807, 2.05) is 24.3 Å². The van der Waals surface area contributed by atoms with Crippen LogP contribution < -0.4 is 5.56 Å². The summed E-state index contributed by atoms with van der Waals surface area (Å²) in [5, 5.41) is 1.08. The van der Waals surface area contributed by atoms with Gasteiger partial charge in [0.05, 0.1) is 12.3 Å². The molecule has 1 amide bonds. The van der Waals surface area contributed by atoms with Crippen LogP contribution in [-0.2, 0) is 11.3 Å². The van der Waals surface area contributed by atoms with Crippen LogP contribution in [0.4, 0.5) is 0 Å². The number of nitrogens with one attached hydrogen (secondary N) is 1. The topological polar surface area (TPSA) is 79.2 Å². The average Bonchev–Trinajstić information content (AvgIpc) is 3.08. The predicted octanol–water partition coefficient (Wildman–Crippen LogP) is 3.43. The van der Waals surface area contributed by atoms with Crippen molar-refractivity contribution in [3.05, 3.63) is 69.8 Å². The Balaban J connectivity index is 1.57. The molecule has 26 heavy (non-hydrogen) atoms. The highest BCUT2D eigenvalue weighted by Gasteiger charge is 2.13. The minimum absolute atomic E-state index is 0.0917. The van der Waals surface area contributed by atoms with Gasteiger partial charge >= 0.3 is 0 Å². The number of thioether (sulfide) groups is 1. The third-order valence-electron chi connectivity index (χ3n) is 3.59. The smallest absolute Gasteiger partial charge is 0.251 e. The van der Waals surface area contributed by atoms with Crippen LogP contribution >= 0.6 is 23.4 Å². The summed E-state index contributed by atoms with van der Waals surface area (Å²) in [6.45, 7) is 0.353. The number of rotatable bonds is 6. The van der Waals surface area contributed by atoms with E-state index >= 15 is 0 Å². The molecule has 0 saturated heterocycles. The van der Waals surface area contributed by atoms with Crippen LogP contribution in [0.25, 0.3) is 11.3 Å². The molecule has 1 aromatic carbocycles. The Morgan fingerprint density at radius 2 is 2.00 bits per heavy atom. The lowest BCUT2D eigenvalue weighted by molar-refractivity contribution is -0.127. The van der Waals surface area contributed by atoms with Gasteiger partial charge < -0.3 is 14.3 Å². The minimum atomic E-state index is -0.242. The molecule has 0 fully saturated rings. The number of carbonyl (C=O) groups excluding carboxylic acids is 1. The molecule has 2 aromatic heterocycles. The van der Waals surface area contributed by atoms with Gasteiger partial charge in [-0.3, -0.25) is 9.59 Å². The zero-order valence-corrected chi connectivity index (χ0v) is 15.5. The SMILES string of the molecule is CN(Cc1ccc(-c2ccc(Cl)cc2)o1)C(=O)CSc1nccc(=O)[nH]1. The van der Waals surface area contributed by atoms with Crippen molar-refractivity contribution in [2.75, 3.05) is 12.8 Å². The van der Waals surface area contributed by atoms with Gasteiger partial charge in [0, 0.05) is 29.9 Å². The van der Waals surface area contributed by atoms with E-state index < -0.39 is 0 Å². The van der Waals surface area contributed by atoms with Gasteiger partial charge in [0.15, 0.2) is 5.16 Å². The number of aromatic nitrogens is 2. The zero-order valence-electron chi connectivity index (χ0n) is 13.9. The van der Waals surface area contributed by atoms with Gasteiger partial charge in [-0.15, -0.1) is 0 Å². The molecule has 0 bridgehead atoms. The third-order valence-corrected chi connectivity index (χ3v) is 4.71. The summed E-state index contributed by atoms with van der Waals surface area (Å²) in [5.74, 6) is 1.49. The summed E-state index contributed by atoms with van der Waals surface area (Å²) >= 11 is 7.07. The quantitative estimate of drug-likeness (QED) is 0.516. The van der Waals surface area contributed by atoms with Crippen molar-refractivity contribution in [1.29, 1.82) is 0 Å². The normalized spacial score (nSPS) is 10.7. The molecule has 8 heteroatoms. The molecule has 0 radical (unpaired) electrons. The molecule has 3 rings (SSSR count). The van der Waals surface area contributed by atoms with E-state index in [0.717, 1.165) is 11.3 Å². The van der Waals surface area contributed by atoms with Crippen molar-refractivity contribution in [1.82, 2.24) is 14.9 Å². The van der Waals surface area contributed by atoms with Gasteiger partial charge in [0.25, 0.3) is 5.56 Å². The Morgan fingerprint density at radius 1 is 1.23 bits per heavy atom. The summed E-state index contributed by atoms with van der Waals surface area (Å²) < 4.78 is 5.81. The van der Waals surface area contributed by atoms with E-state index in [0.29, 0.717) is 22.5 Å². The van der Waals surface area contributed by atoms with Crippen LogP contribution in [0.15, 0.2) is 63.0 Å². The number of amides is 1. The molecule has 6 nitrogen and oxygen atoms in total. The highest BCUT2D eigenvalue weighted by Crippen LogP contribution is 2.24. The molecule has 0 spiro atoms. The standard InChI is InChI=1S/C18H16ClN3O3S/c1-22(17(24)11-26-18-20-9-8-16(23)21-18)10-14-6-7-15(25-14)12-2-4-13(19)5-3-12/h2-9H,10-11H2,1H3,(H,20,21,23). The number of H-pyrrole nitrogens is 1. The van der Waals surface area contributed by atoms with Crippen molar-refractivity contribution in [3.8, 4) is 11.3 Å². The molecule has 0 aliphatic carbocycles. The number of benzene rings is 1. The van der Waals surface area contributed by atoms with Crippen molar-refractivity contribution >= 4 is 29.3 Å². The van der Waals surface area contributed by atoms with Gasteiger partial charge in [-0.2, -0.15) is 0 Å². The lowest BCUT2D eigenvalue weighted by Gasteiger charge is -2.15. The van der Waals surface area contributed by atoms with Gasteiger partial charge in [-0.05, 0) is 36.4 Å². The first-order valence-corrected chi connectivity index (χ1v) is 9.14. The van der Waals surface area contributed by atoms with Crippen LogP contribution in [0, 0.1) is 0 Å². The number of nitrogens with zero attached hydrogens (tertiary/aromatic N) is 2. The predicted molar refractivity (Wildman–Crippen MR) is 101 cm³/mol. The highest BCUT2D eigenvalue weighted by molar-refractivity contribution is 7.99. The number of hydrogen-bond donors (Lipinski definition) is 1. The first-order chi connectivity index (χ1) is 12.5. The molecule has 0 aliphatic heterocycles. The minimum Gasteiger partial charge on any atom is -0.459 e. The average molecular weight is 390 g/mol. The molecule has 2 heterocycles. The lowest BCUT2D eigenvalue weighted by atomic mass is 10.2. The van der Waals surface area contributed by atoms with Crippen LogP contribution in [0.1, 0.15) is 5.76 Å². The van der Waals surface area contributed by atoms with Crippen molar-refractivity contribution in [2.45, 2.75) is 11.7 Å². The second kappa shape index (κ2) is 8.25. The van der Waals surface area contributed by atoms with Gasteiger partial charge in [0.2, 0.25) is 5.91 Å². The number of hydrogen-bond acceptors (Lipinski definition) is 5. The summed E-state index contributed by atoms with van der Waals surface area (Å²) in [5.41, 5.74) is 0.679. The number of aromatic amines is 1. The van der Waals surface area contributed by atoms with Gasteiger partial charge in [-0.25, -0.2) is 4.98 Å². The lowest BCUT2D eigenvalue weighted by Crippen LogP contribution is -2.27. The van der Waals surface area contributed by atoms with E-state index in [2.05, 4.69) is 9.97 Å². The van der Waals surface area contributed by atoms with E-state index in [9.17, 15) is 9.59 Å². The first-order valence-electron chi connectivity index (χ1n) is 7.78. The summed E-state index contributed by atoms with van der Waals surface area (Å²) in [7, 11) is 1.70. The molecule has 134 valence electrons. The van der Waals surface area contributed by atoms with E-state index in [1.54, 1.807) is 24.1 Å². The number of furan rings is 1. The Hall–Kier alpha value is -2.51. The van der Waals surface area contributed by atoms with Crippen LogP contribution in [0.3, 0.4) is 0 Å². The molecular weight excluding hydrogens is 374 g/mol. The second-order valence-electron chi connectivity index (χ2n) is 5.55. The molecular formula is C18H16ClN3O3S. The second-order valence-corrected chi connectivity index (χ2v) is 6.95.